The summed E-state index contributed by atoms with van der Waals surface area (Å²) in [6.45, 7) is 4.37. The van der Waals surface area contributed by atoms with Crippen LogP contribution in [0.2, 0.25) is 0 Å². The SMILES string of the molecule is CCCCC1O[C]1CC. The lowest BCUT2D eigenvalue weighted by atomic mass is 10.1. The van der Waals surface area contributed by atoms with Gasteiger partial charge in [0, 0.05) is 0 Å². The topological polar surface area (TPSA) is 12.5 Å². The molecule has 1 fully saturated rings. The van der Waals surface area contributed by atoms with E-state index in [1.807, 2.05) is 0 Å². The Labute approximate surface area is 57.4 Å². The lowest BCUT2D eigenvalue weighted by molar-refractivity contribution is 0.386. The van der Waals surface area contributed by atoms with E-state index in [1.54, 1.807) is 0 Å². The summed E-state index contributed by atoms with van der Waals surface area (Å²) >= 11 is 0. The Morgan fingerprint density at radius 2 is 2.22 bits per heavy atom. The van der Waals surface area contributed by atoms with E-state index in [0.29, 0.717) is 6.10 Å². The van der Waals surface area contributed by atoms with Gasteiger partial charge in [0.2, 0.25) is 0 Å². The number of ether oxygens (including phenoxy) is 1. The molecule has 1 saturated heterocycles. The summed E-state index contributed by atoms with van der Waals surface area (Å²) in [4.78, 5) is 0. The molecule has 0 aliphatic carbocycles. The molecule has 0 saturated carbocycles. The van der Waals surface area contributed by atoms with Crippen LogP contribution in [0.5, 0.6) is 0 Å². The molecule has 0 aromatic heterocycles. The molecule has 9 heavy (non-hydrogen) atoms. The first-order chi connectivity index (χ1) is 4.38. The van der Waals surface area contributed by atoms with Gasteiger partial charge in [-0.1, -0.05) is 26.7 Å². The van der Waals surface area contributed by atoms with Crippen molar-refractivity contribution < 1.29 is 4.74 Å². The van der Waals surface area contributed by atoms with Gasteiger partial charge in [-0.15, -0.1) is 0 Å². The van der Waals surface area contributed by atoms with E-state index in [0.717, 1.165) is 6.42 Å². The van der Waals surface area contributed by atoms with Gasteiger partial charge in [-0.3, -0.25) is 0 Å². The van der Waals surface area contributed by atoms with Gasteiger partial charge in [0.05, 0.1) is 6.10 Å². The summed E-state index contributed by atoms with van der Waals surface area (Å²) in [5.74, 6) is 0. The maximum absolute atomic E-state index is 5.28. The Hall–Kier alpha value is -0.0400. The normalized spacial score (nSPS) is 26.7. The summed E-state index contributed by atoms with van der Waals surface area (Å²) in [5, 5.41) is 0. The zero-order valence-electron chi connectivity index (χ0n) is 6.31. The molecule has 0 aromatic rings. The van der Waals surface area contributed by atoms with Gasteiger partial charge in [-0.2, -0.15) is 0 Å². The predicted molar refractivity (Wildman–Crippen MR) is 37.9 cm³/mol. The van der Waals surface area contributed by atoms with Crippen LogP contribution < -0.4 is 0 Å². The van der Waals surface area contributed by atoms with E-state index in [2.05, 4.69) is 13.8 Å². The second-order valence-corrected chi connectivity index (χ2v) is 2.57. The molecule has 0 N–H and O–H groups in total. The molecule has 53 valence electrons. The van der Waals surface area contributed by atoms with E-state index < -0.39 is 0 Å². The van der Waals surface area contributed by atoms with Crippen LogP contribution >= 0.6 is 0 Å². The van der Waals surface area contributed by atoms with Crippen LogP contribution in [-0.4, -0.2) is 6.10 Å². The summed E-state index contributed by atoms with van der Waals surface area (Å²) in [6, 6.07) is 0. The average Bonchev–Trinajstić information content (AvgIpc) is 2.62. The Morgan fingerprint density at radius 3 is 2.67 bits per heavy atom. The fourth-order valence-corrected chi connectivity index (χ4v) is 1.07. The quantitative estimate of drug-likeness (QED) is 0.529. The molecule has 1 unspecified atom stereocenters. The molecular formula is C8H15O. The number of epoxide rings is 1. The molecule has 1 nitrogen and oxygen atoms in total. The molecule has 1 aliphatic rings. The third-order valence-corrected chi connectivity index (χ3v) is 1.76. The smallest absolute Gasteiger partial charge is 0.126 e. The monoisotopic (exact) mass is 127 g/mol. The Balaban J connectivity index is 1.92. The fraction of sp³-hybridized carbons (Fsp3) is 0.875. The highest BCUT2D eigenvalue weighted by molar-refractivity contribution is 5.01. The number of unbranched alkanes of at least 4 members (excludes halogenated alkanes) is 1. The van der Waals surface area contributed by atoms with Crippen LogP contribution in [0.4, 0.5) is 0 Å². The van der Waals surface area contributed by atoms with Crippen molar-refractivity contribution in [1.82, 2.24) is 0 Å². The van der Waals surface area contributed by atoms with Crippen LogP contribution in [0.1, 0.15) is 39.5 Å². The number of hydrogen-bond donors (Lipinski definition) is 0. The first-order valence-corrected chi connectivity index (χ1v) is 3.90. The molecule has 1 heteroatoms. The third-order valence-electron chi connectivity index (χ3n) is 1.76. The second kappa shape index (κ2) is 3.21. The van der Waals surface area contributed by atoms with Crippen molar-refractivity contribution in [2.45, 2.75) is 45.6 Å². The molecule has 1 heterocycles. The number of hydrogen-bond acceptors (Lipinski definition) is 1. The lowest BCUT2D eigenvalue weighted by Crippen LogP contribution is -1.85. The molecule has 0 aromatic carbocycles. The number of rotatable bonds is 4. The van der Waals surface area contributed by atoms with Gasteiger partial charge < -0.3 is 4.74 Å². The zero-order valence-corrected chi connectivity index (χ0v) is 6.31. The van der Waals surface area contributed by atoms with Crippen LogP contribution in [0, 0.1) is 6.10 Å². The predicted octanol–water partition coefficient (Wildman–Crippen LogP) is 2.52. The highest BCUT2D eigenvalue weighted by Gasteiger charge is 2.37. The minimum Gasteiger partial charge on any atom is -0.363 e. The highest BCUT2D eigenvalue weighted by Crippen LogP contribution is 2.36. The molecule has 1 rings (SSSR count). The van der Waals surface area contributed by atoms with Crippen LogP contribution in [-0.2, 0) is 4.74 Å². The summed E-state index contributed by atoms with van der Waals surface area (Å²) < 4.78 is 5.28. The molecule has 1 radical (unpaired) electrons. The Bertz CT molecular complexity index is 80.6. The van der Waals surface area contributed by atoms with E-state index in [1.165, 1.54) is 25.4 Å². The molecular weight excluding hydrogens is 112 g/mol. The van der Waals surface area contributed by atoms with Gasteiger partial charge in [-0.05, 0) is 12.8 Å². The van der Waals surface area contributed by atoms with Crippen molar-refractivity contribution >= 4 is 0 Å². The van der Waals surface area contributed by atoms with Crippen molar-refractivity contribution in [3.8, 4) is 0 Å². The lowest BCUT2D eigenvalue weighted by Gasteiger charge is -1.88. The van der Waals surface area contributed by atoms with Gasteiger partial charge in [-0.25, -0.2) is 0 Å². The molecule has 0 bridgehead atoms. The minimum atomic E-state index is 0.551. The Kier molecular flexibility index (Phi) is 2.52. The maximum atomic E-state index is 5.28. The van der Waals surface area contributed by atoms with Crippen molar-refractivity contribution in [3.63, 3.8) is 0 Å². The zero-order chi connectivity index (χ0) is 6.69. The second-order valence-electron chi connectivity index (χ2n) is 2.57. The largest absolute Gasteiger partial charge is 0.363 e. The maximum Gasteiger partial charge on any atom is 0.126 e. The Morgan fingerprint density at radius 1 is 1.44 bits per heavy atom. The molecule has 1 atom stereocenters. The summed E-state index contributed by atoms with van der Waals surface area (Å²) in [5.41, 5.74) is 0. The first-order valence-electron chi connectivity index (χ1n) is 3.90. The third kappa shape index (κ3) is 1.98. The van der Waals surface area contributed by atoms with Gasteiger partial charge in [0.25, 0.3) is 0 Å². The van der Waals surface area contributed by atoms with Crippen molar-refractivity contribution in [2.75, 3.05) is 0 Å². The highest BCUT2D eigenvalue weighted by atomic mass is 16.6. The molecule has 0 spiro atoms. The van der Waals surface area contributed by atoms with Gasteiger partial charge in [0.1, 0.15) is 6.10 Å². The van der Waals surface area contributed by atoms with E-state index in [4.69, 9.17) is 4.74 Å². The fourth-order valence-electron chi connectivity index (χ4n) is 1.07. The van der Waals surface area contributed by atoms with Crippen LogP contribution in [0.25, 0.3) is 0 Å². The van der Waals surface area contributed by atoms with E-state index in [9.17, 15) is 0 Å². The average molecular weight is 127 g/mol. The molecule has 0 amide bonds. The summed E-state index contributed by atoms with van der Waals surface area (Å²) in [7, 11) is 0. The summed E-state index contributed by atoms with van der Waals surface area (Å²) in [6.07, 6.45) is 6.84. The van der Waals surface area contributed by atoms with Crippen LogP contribution in [0.15, 0.2) is 0 Å². The van der Waals surface area contributed by atoms with Crippen molar-refractivity contribution in [3.05, 3.63) is 6.10 Å². The molecule has 1 aliphatic heterocycles. The van der Waals surface area contributed by atoms with Crippen molar-refractivity contribution in [1.29, 1.82) is 0 Å². The standard InChI is InChI=1S/C8H15O/c1-3-5-6-8-7(4-2)9-8/h8H,3-6H2,1-2H3. The minimum absolute atomic E-state index is 0.551. The van der Waals surface area contributed by atoms with E-state index in [-0.39, 0.29) is 0 Å². The van der Waals surface area contributed by atoms with E-state index >= 15 is 0 Å². The van der Waals surface area contributed by atoms with Gasteiger partial charge in [0.15, 0.2) is 0 Å². The first kappa shape index (κ1) is 7.07. The van der Waals surface area contributed by atoms with Gasteiger partial charge >= 0.3 is 0 Å². The van der Waals surface area contributed by atoms with Crippen LogP contribution in [0.3, 0.4) is 0 Å². The van der Waals surface area contributed by atoms with Crippen molar-refractivity contribution in [2.24, 2.45) is 0 Å².